The highest BCUT2D eigenvalue weighted by Gasteiger charge is 2.34. The van der Waals surface area contributed by atoms with Crippen molar-refractivity contribution < 1.29 is 23.0 Å². The maximum atomic E-state index is 12.4. The van der Waals surface area contributed by atoms with Gasteiger partial charge in [0, 0.05) is 5.92 Å². The lowest BCUT2D eigenvalue weighted by molar-refractivity contribution is -0.274. The van der Waals surface area contributed by atoms with E-state index in [1.165, 1.54) is 22.9 Å². The summed E-state index contributed by atoms with van der Waals surface area (Å²) in [6, 6.07) is 5.63. The molecule has 1 heterocycles. The molecule has 1 aliphatic rings. The number of rotatable bonds is 4. The molecule has 2 aromatic rings. The van der Waals surface area contributed by atoms with E-state index in [1.807, 2.05) is 0 Å². The number of benzene rings is 1. The van der Waals surface area contributed by atoms with Gasteiger partial charge in [-0.2, -0.15) is 0 Å². The minimum atomic E-state index is -4.80. The first-order chi connectivity index (χ1) is 9.99. The highest BCUT2D eigenvalue weighted by Crippen LogP contribution is 2.41. The highest BCUT2D eigenvalue weighted by atomic mass is 19.4. The molecule has 0 atom stereocenters. The third-order valence-corrected chi connectivity index (χ3v) is 3.23. The number of aliphatic hydroxyl groups excluding tert-OH is 1. The van der Waals surface area contributed by atoms with E-state index in [1.54, 1.807) is 6.07 Å². The van der Waals surface area contributed by atoms with Gasteiger partial charge in [-0.25, -0.2) is 4.68 Å². The van der Waals surface area contributed by atoms with Gasteiger partial charge in [0.25, 0.3) is 0 Å². The van der Waals surface area contributed by atoms with Crippen LogP contribution in [0.25, 0.3) is 5.69 Å². The van der Waals surface area contributed by atoms with Crippen molar-refractivity contribution in [3.05, 3.63) is 35.7 Å². The number of nitrogens with zero attached hydrogens (tertiary/aromatic N) is 3. The largest absolute Gasteiger partial charge is 0.573 e. The zero-order chi connectivity index (χ0) is 15.0. The second-order valence-electron chi connectivity index (χ2n) is 4.78. The fourth-order valence-electron chi connectivity index (χ4n) is 2.17. The Labute approximate surface area is 118 Å². The summed E-state index contributed by atoms with van der Waals surface area (Å²) in [6.45, 7) is -0.348. The third-order valence-electron chi connectivity index (χ3n) is 3.23. The number of para-hydroxylation sites is 2. The fraction of sp³-hybridized carbons (Fsp3) is 0.385. The average Bonchev–Trinajstić information content (AvgIpc) is 3.17. The molecule has 5 nitrogen and oxygen atoms in total. The van der Waals surface area contributed by atoms with Gasteiger partial charge in [0.05, 0.1) is 18.0 Å². The van der Waals surface area contributed by atoms with E-state index in [2.05, 4.69) is 15.0 Å². The lowest BCUT2D eigenvalue weighted by Crippen LogP contribution is -2.19. The fourth-order valence-corrected chi connectivity index (χ4v) is 2.17. The van der Waals surface area contributed by atoms with Gasteiger partial charge in [-0.05, 0) is 25.0 Å². The topological polar surface area (TPSA) is 60.2 Å². The number of hydrogen-bond donors (Lipinski definition) is 1. The van der Waals surface area contributed by atoms with Crippen molar-refractivity contribution in [2.45, 2.75) is 31.7 Å². The smallest absolute Gasteiger partial charge is 0.403 e. The van der Waals surface area contributed by atoms with E-state index < -0.39 is 6.36 Å². The number of aliphatic hydroxyl groups is 1. The Balaban J connectivity index is 2.04. The molecule has 1 aliphatic carbocycles. The second-order valence-corrected chi connectivity index (χ2v) is 4.78. The van der Waals surface area contributed by atoms with Crippen molar-refractivity contribution in [2.24, 2.45) is 0 Å². The van der Waals surface area contributed by atoms with E-state index in [-0.39, 0.29) is 24.0 Å². The molecule has 1 aromatic carbocycles. The standard InChI is InChI=1S/C13H12F3N3O2/c14-13(15,16)21-11-4-2-1-3-9(11)19-10(7-20)12(17-18-19)8-5-6-8/h1-4,8,20H,5-7H2. The minimum absolute atomic E-state index is 0.0956. The number of aromatic nitrogens is 3. The summed E-state index contributed by atoms with van der Waals surface area (Å²) in [5, 5.41) is 17.3. The summed E-state index contributed by atoms with van der Waals surface area (Å²) in [6.07, 6.45) is -2.89. The van der Waals surface area contributed by atoms with Crippen LogP contribution < -0.4 is 4.74 Å². The van der Waals surface area contributed by atoms with Crippen LogP contribution in [0.1, 0.15) is 30.1 Å². The van der Waals surface area contributed by atoms with Gasteiger partial charge in [0.15, 0.2) is 5.75 Å². The van der Waals surface area contributed by atoms with Gasteiger partial charge >= 0.3 is 6.36 Å². The van der Waals surface area contributed by atoms with Crippen molar-refractivity contribution in [3.8, 4) is 11.4 Å². The van der Waals surface area contributed by atoms with Crippen LogP contribution in [0.2, 0.25) is 0 Å². The maximum absolute atomic E-state index is 12.4. The first-order valence-electron chi connectivity index (χ1n) is 6.40. The molecule has 0 radical (unpaired) electrons. The van der Waals surface area contributed by atoms with Crippen LogP contribution in [0.4, 0.5) is 13.2 Å². The maximum Gasteiger partial charge on any atom is 0.573 e. The SMILES string of the molecule is OCc1c(C2CC2)nnn1-c1ccccc1OC(F)(F)F. The first kappa shape index (κ1) is 13.9. The number of hydrogen-bond acceptors (Lipinski definition) is 4. The van der Waals surface area contributed by atoms with Crippen LogP contribution in [-0.4, -0.2) is 26.5 Å². The van der Waals surface area contributed by atoms with Crippen molar-refractivity contribution in [3.63, 3.8) is 0 Å². The normalized spacial score (nSPS) is 15.2. The average molecular weight is 299 g/mol. The van der Waals surface area contributed by atoms with E-state index in [0.717, 1.165) is 12.8 Å². The molecule has 3 rings (SSSR count). The van der Waals surface area contributed by atoms with Crippen molar-refractivity contribution in [2.75, 3.05) is 0 Å². The number of alkyl halides is 3. The molecule has 1 fully saturated rings. The summed E-state index contributed by atoms with van der Waals surface area (Å²) in [7, 11) is 0. The Morgan fingerprint density at radius 1 is 1.29 bits per heavy atom. The molecule has 0 amide bonds. The van der Waals surface area contributed by atoms with E-state index in [4.69, 9.17) is 0 Å². The van der Waals surface area contributed by atoms with E-state index in [9.17, 15) is 18.3 Å². The first-order valence-corrected chi connectivity index (χ1v) is 6.40. The lowest BCUT2D eigenvalue weighted by Gasteiger charge is -2.13. The molecule has 0 unspecified atom stereocenters. The molecular formula is C13H12F3N3O2. The molecule has 0 spiro atoms. The summed E-state index contributed by atoms with van der Waals surface area (Å²) in [5.41, 5.74) is 1.13. The Morgan fingerprint density at radius 3 is 2.62 bits per heavy atom. The molecule has 21 heavy (non-hydrogen) atoms. The van der Waals surface area contributed by atoms with Gasteiger partial charge in [0.2, 0.25) is 0 Å². The van der Waals surface area contributed by atoms with Gasteiger partial charge in [-0.1, -0.05) is 17.3 Å². The summed E-state index contributed by atoms with van der Waals surface area (Å²) >= 11 is 0. The van der Waals surface area contributed by atoms with Crippen LogP contribution in [-0.2, 0) is 6.61 Å². The van der Waals surface area contributed by atoms with E-state index in [0.29, 0.717) is 11.4 Å². The molecule has 1 N–H and O–H groups in total. The molecule has 1 saturated carbocycles. The Morgan fingerprint density at radius 2 is 2.00 bits per heavy atom. The van der Waals surface area contributed by atoms with E-state index >= 15 is 0 Å². The molecule has 0 bridgehead atoms. The molecular weight excluding hydrogens is 287 g/mol. The van der Waals surface area contributed by atoms with Crippen LogP contribution >= 0.6 is 0 Å². The van der Waals surface area contributed by atoms with Crippen molar-refractivity contribution in [1.82, 2.24) is 15.0 Å². The predicted molar refractivity (Wildman–Crippen MR) is 65.9 cm³/mol. The summed E-state index contributed by atoms with van der Waals surface area (Å²) in [5.74, 6) is -0.149. The zero-order valence-electron chi connectivity index (χ0n) is 10.8. The van der Waals surface area contributed by atoms with Gasteiger partial charge in [-0.15, -0.1) is 18.3 Å². The Kier molecular flexibility index (Phi) is 3.32. The molecule has 112 valence electrons. The number of halogens is 3. The minimum Gasteiger partial charge on any atom is -0.403 e. The van der Waals surface area contributed by atoms with Gasteiger partial charge in [0.1, 0.15) is 5.69 Å². The number of ether oxygens (including phenoxy) is 1. The van der Waals surface area contributed by atoms with Crippen LogP contribution in [0.5, 0.6) is 5.75 Å². The third kappa shape index (κ3) is 2.85. The van der Waals surface area contributed by atoms with Gasteiger partial charge < -0.3 is 9.84 Å². The van der Waals surface area contributed by atoms with Crippen molar-refractivity contribution in [1.29, 1.82) is 0 Å². The molecule has 0 saturated heterocycles. The Bertz CT molecular complexity index is 650. The van der Waals surface area contributed by atoms with Crippen LogP contribution in [0.15, 0.2) is 24.3 Å². The second kappa shape index (κ2) is 5.03. The Hall–Kier alpha value is -2.09. The zero-order valence-corrected chi connectivity index (χ0v) is 10.8. The predicted octanol–water partition coefficient (Wildman–Crippen LogP) is 2.54. The lowest BCUT2D eigenvalue weighted by atomic mass is 10.2. The quantitative estimate of drug-likeness (QED) is 0.942. The monoisotopic (exact) mass is 299 g/mol. The molecule has 1 aromatic heterocycles. The molecule has 8 heteroatoms. The highest BCUT2D eigenvalue weighted by molar-refractivity contribution is 5.47. The van der Waals surface area contributed by atoms with Crippen molar-refractivity contribution >= 4 is 0 Å². The van der Waals surface area contributed by atoms with Crippen LogP contribution in [0, 0.1) is 0 Å². The summed E-state index contributed by atoms with van der Waals surface area (Å²) in [4.78, 5) is 0. The summed E-state index contributed by atoms with van der Waals surface area (Å²) < 4.78 is 42.5. The molecule has 0 aliphatic heterocycles. The van der Waals surface area contributed by atoms with Crippen LogP contribution in [0.3, 0.4) is 0 Å². The van der Waals surface area contributed by atoms with Gasteiger partial charge in [-0.3, -0.25) is 0 Å².